The number of halogens is 1. The van der Waals surface area contributed by atoms with Crippen LogP contribution in [0.15, 0.2) is 23.1 Å². The fraction of sp³-hybridized carbons (Fsp3) is 0.200. The van der Waals surface area contributed by atoms with Gasteiger partial charge >= 0.3 is 0 Å². The number of hydrogen-bond donors (Lipinski definition) is 1. The van der Waals surface area contributed by atoms with Gasteiger partial charge in [0.15, 0.2) is 0 Å². The van der Waals surface area contributed by atoms with Crippen molar-refractivity contribution in [1.82, 2.24) is 14.8 Å². The molecule has 0 aliphatic carbocycles. The molecule has 0 saturated carbocycles. The van der Waals surface area contributed by atoms with E-state index in [4.69, 9.17) is 11.6 Å². The number of aryl methyl sites for hydroxylation is 2. The average Bonchev–Trinajstić information content (AvgIpc) is 2.43. The first-order valence-corrected chi connectivity index (χ1v) is 4.85. The van der Waals surface area contributed by atoms with Crippen LogP contribution in [0.5, 0.6) is 0 Å². The van der Waals surface area contributed by atoms with Crippen LogP contribution in [0.2, 0.25) is 5.15 Å². The Morgan fingerprint density at radius 3 is 2.80 bits per heavy atom. The summed E-state index contributed by atoms with van der Waals surface area (Å²) in [4.78, 5) is 15.7. The lowest BCUT2D eigenvalue weighted by Crippen LogP contribution is -2.13. The van der Waals surface area contributed by atoms with Crippen LogP contribution in [0, 0.1) is 6.92 Å². The van der Waals surface area contributed by atoms with Gasteiger partial charge in [0, 0.05) is 24.5 Å². The Balaban J connectivity index is 2.75. The van der Waals surface area contributed by atoms with E-state index >= 15 is 0 Å². The number of pyridine rings is 1. The Morgan fingerprint density at radius 1 is 1.53 bits per heavy atom. The van der Waals surface area contributed by atoms with E-state index in [1.807, 2.05) is 6.92 Å². The molecular weight excluding hydrogens is 214 g/mol. The van der Waals surface area contributed by atoms with Crippen LogP contribution in [-0.2, 0) is 7.05 Å². The lowest BCUT2D eigenvalue weighted by molar-refractivity contribution is 0.731. The standard InChI is InChI=1S/C10H10ClN3O/c1-6-8(10(15)14(2)13-6)7-4-3-5-12-9(7)11/h3-5,13H,1-2H3. The van der Waals surface area contributed by atoms with Crippen LogP contribution in [-0.4, -0.2) is 14.8 Å². The Hall–Kier alpha value is -1.55. The molecule has 2 heterocycles. The Bertz CT molecular complexity index is 556. The minimum absolute atomic E-state index is 0.0950. The van der Waals surface area contributed by atoms with Gasteiger partial charge in [0.2, 0.25) is 0 Å². The molecular formula is C10H10ClN3O. The zero-order valence-electron chi connectivity index (χ0n) is 8.41. The van der Waals surface area contributed by atoms with Crippen molar-refractivity contribution in [3.05, 3.63) is 39.5 Å². The lowest BCUT2D eigenvalue weighted by atomic mass is 10.1. The fourth-order valence-electron chi connectivity index (χ4n) is 1.58. The van der Waals surface area contributed by atoms with Crippen LogP contribution in [0.3, 0.4) is 0 Å². The minimum atomic E-state index is -0.0950. The van der Waals surface area contributed by atoms with Gasteiger partial charge in [-0.25, -0.2) is 4.98 Å². The van der Waals surface area contributed by atoms with Crippen molar-refractivity contribution in [1.29, 1.82) is 0 Å². The van der Waals surface area contributed by atoms with Crippen LogP contribution < -0.4 is 5.56 Å². The molecule has 4 nitrogen and oxygen atoms in total. The van der Waals surface area contributed by atoms with Crippen LogP contribution >= 0.6 is 11.6 Å². The number of aromatic nitrogens is 3. The monoisotopic (exact) mass is 223 g/mol. The average molecular weight is 224 g/mol. The summed E-state index contributed by atoms with van der Waals surface area (Å²) in [7, 11) is 1.67. The van der Waals surface area contributed by atoms with Gasteiger partial charge in [-0.05, 0) is 19.1 Å². The number of hydrogen-bond acceptors (Lipinski definition) is 2. The highest BCUT2D eigenvalue weighted by Gasteiger charge is 2.14. The first-order chi connectivity index (χ1) is 7.11. The van der Waals surface area contributed by atoms with Crippen LogP contribution in [0.4, 0.5) is 0 Å². The maximum Gasteiger partial charge on any atom is 0.274 e. The zero-order valence-corrected chi connectivity index (χ0v) is 9.17. The highest BCUT2D eigenvalue weighted by Crippen LogP contribution is 2.24. The summed E-state index contributed by atoms with van der Waals surface area (Å²) in [5.74, 6) is 0. The molecule has 1 N–H and O–H groups in total. The summed E-state index contributed by atoms with van der Waals surface area (Å²) in [5.41, 5.74) is 1.94. The van der Waals surface area contributed by atoms with Crippen molar-refractivity contribution in [2.24, 2.45) is 7.05 Å². The molecule has 2 aromatic rings. The molecule has 15 heavy (non-hydrogen) atoms. The van der Waals surface area contributed by atoms with E-state index in [1.54, 1.807) is 25.4 Å². The third kappa shape index (κ3) is 1.57. The van der Waals surface area contributed by atoms with E-state index in [2.05, 4.69) is 10.1 Å². The van der Waals surface area contributed by atoms with E-state index in [1.165, 1.54) is 4.68 Å². The van der Waals surface area contributed by atoms with Crippen molar-refractivity contribution in [3.8, 4) is 11.1 Å². The third-order valence-corrected chi connectivity index (χ3v) is 2.56. The summed E-state index contributed by atoms with van der Waals surface area (Å²) in [6.07, 6.45) is 1.60. The predicted molar refractivity (Wildman–Crippen MR) is 59.0 cm³/mol. The van der Waals surface area contributed by atoms with Gasteiger partial charge in [0.05, 0.1) is 5.56 Å². The molecule has 0 spiro atoms. The maximum absolute atomic E-state index is 11.8. The SMILES string of the molecule is Cc1[nH]n(C)c(=O)c1-c1cccnc1Cl. The fourth-order valence-corrected chi connectivity index (χ4v) is 1.79. The van der Waals surface area contributed by atoms with E-state index in [0.717, 1.165) is 5.69 Å². The summed E-state index contributed by atoms with van der Waals surface area (Å²) < 4.78 is 1.42. The second-order valence-electron chi connectivity index (χ2n) is 3.32. The molecule has 0 aliphatic rings. The Labute approximate surface area is 91.5 Å². The highest BCUT2D eigenvalue weighted by molar-refractivity contribution is 6.32. The van der Waals surface area contributed by atoms with Gasteiger partial charge in [-0.2, -0.15) is 0 Å². The first kappa shape index (κ1) is 9.98. The van der Waals surface area contributed by atoms with E-state index in [9.17, 15) is 4.79 Å². The number of nitrogens with zero attached hydrogens (tertiary/aromatic N) is 2. The van der Waals surface area contributed by atoms with Gasteiger partial charge in [-0.3, -0.25) is 14.6 Å². The number of H-pyrrole nitrogens is 1. The largest absolute Gasteiger partial charge is 0.300 e. The molecule has 0 bridgehead atoms. The molecule has 0 aliphatic heterocycles. The highest BCUT2D eigenvalue weighted by atomic mass is 35.5. The van der Waals surface area contributed by atoms with Gasteiger partial charge in [0.25, 0.3) is 5.56 Å². The third-order valence-electron chi connectivity index (χ3n) is 2.26. The summed E-state index contributed by atoms with van der Waals surface area (Å²) >= 11 is 5.94. The van der Waals surface area contributed by atoms with Gasteiger partial charge < -0.3 is 0 Å². The topological polar surface area (TPSA) is 50.7 Å². The van der Waals surface area contributed by atoms with Gasteiger partial charge in [-0.15, -0.1) is 0 Å². The molecule has 78 valence electrons. The molecule has 0 amide bonds. The first-order valence-electron chi connectivity index (χ1n) is 4.47. The van der Waals surface area contributed by atoms with Crippen molar-refractivity contribution in [2.75, 3.05) is 0 Å². The van der Waals surface area contributed by atoms with Crippen LogP contribution in [0.25, 0.3) is 11.1 Å². The molecule has 0 atom stereocenters. The molecule has 2 aromatic heterocycles. The maximum atomic E-state index is 11.8. The van der Waals surface area contributed by atoms with Crippen molar-refractivity contribution in [2.45, 2.75) is 6.92 Å². The quantitative estimate of drug-likeness (QED) is 0.749. The summed E-state index contributed by atoms with van der Waals surface area (Å²) in [6, 6.07) is 3.54. The number of aromatic amines is 1. The second-order valence-corrected chi connectivity index (χ2v) is 3.68. The smallest absolute Gasteiger partial charge is 0.274 e. The summed E-state index contributed by atoms with van der Waals surface area (Å²) in [5, 5.41) is 3.26. The van der Waals surface area contributed by atoms with Gasteiger partial charge in [0.1, 0.15) is 5.15 Å². The minimum Gasteiger partial charge on any atom is -0.300 e. The molecule has 0 fully saturated rings. The molecule has 2 rings (SSSR count). The Morgan fingerprint density at radius 2 is 2.27 bits per heavy atom. The van der Waals surface area contributed by atoms with E-state index in [0.29, 0.717) is 16.3 Å². The summed E-state index contributed by atoms with van der Waals surface area (Å²) in [6.45, 7) is 1.83. The predicted octanol–water partition coefficient (Wildman–Crippen LogP) is 1.74. The van der Waals surface area contributed by atoms with E-state index in [-0.39, 0.29) is 5.56 Å². The van der Waals surface area contributed by atoms with Crippen molar-refractivity contribution < 1.29 is 0 Å². The van der Waals surface area contributed by atoms with Gasteiger partial charge in [-0.1, -0.05) is 11.6 Å². The molecule has 0 radical (unpaired) electrons. The molecule has 0 unspecified atom stereocenters. The molecule has 0 aromatic carbocycles. The number of rotatable bonds is 1. The van der Waals surface area contributed by atoms with Crippen molar-refractivity contribution >= 4 is 11.6 Å². The normalized spacial score (nSPS) is 10.6. The molecule has 5 heteroatoms. The lowest BCUT2D eigenvalue weighted by Gasteiger charge is -1.99. The van der Waals surface area contributed by atoms with E-state index < -0.39 is 0 Å². The van der Waals surface area contributed by atoms with Crippen molar-refractivity contribution in [3.63, 3.8) is 0 Å². The van der Waals surface area contributed by atoms with Crippen LogP contribution in [0.1, 0.15) is 5.69 Å². The second kappa shape index (κ2) is 3.55. The zero-order chi connectivity index (χ0) is 11.0. The molecule has 0 saturated heterocycles. The number of nitrogens with one attached hydrogen (secondary N) is 1. The Kier molecular flexibility index (Phi) is 2.36.